The molecule has 2 aromatic rings. The maximum atomic E-state index is 11.6. The Morgan fingerprint density at radius 3 is 2.96 bits per heavy atom. The summed E-state index contributed by atoms with van der Waals surface area (Å²) in [6.45, 7) is -0.137. The molecule has 0 saturated carbocycles. The lowest BCUT2D eigenvalue weighted by Gasteiger charge is -2.02. The lowest BCUT2D eigenvalue weighted by atomic mass is 10.3. The number of benzene rings is 1. The van der Waals surface area contributed by atoms with Crippen LogP contribution in [0, 0.1) is 0 Å². The molecular formula is C13H13BrN4O3S2. The van der Waals surface area contributed by atoms with E-state index < -0.39 is 5.97 Å². The van der Waals surface area contributed by atoms with Crippen LogP contribution in [-0.2, 0) is 14.3 Å². The highest BCUT2D eigenvalue weighted by Crippen LogP contribution is 2.28. The summed E-state index contributed by atoms with van der Waals surface area (Å²) in [5.74, 6) is -0.598. The maximum absolute atomic E-state index is 11.6. The van der Waals surface area contributed by atoms with E-state index in [0.29, 0.717) is 9.47 Å². The first-order valence-electron chi connectivity index (χ1n) is 6.39. The summed E-state index contributed by atoms with van der Waals surface area (Å²) in [6.07, 6.45) is 0. The average molecular weight is 417 g/mol. The number of aromatic nitrogens is 2. The molecule has 2 rings (SSSR count). The van der Waals surface area contributed by atoms with Crippen molar-refractivity contribution in [2.75, 3.05) is 24.7 Å². The molecule has 122 valence electrons. The monoisotopic (exact) mass is 416 g/mol. The minimum Gasteiger partial charge on any atom is -0.468 e. The van der Waals surface area contributed by atoms with Gasteiger partial charge in [-0.25, -0.2) is 0 Å². The fourth-order valence-electron chi connectivity index (χ4n) is 1.43. The van der Waals surface area contributed by atoms with E-state index in [2.05, 4.69) is 41.5 Å². The van der Waals surface area contributed by atoms with Gasteiger partial charge in [-0.05, 0) is 18.2 Å². The van der Waals surface area contributed by atoms with Gasteiger partial charge < -0.3 is 15.4 Å². The zero-order valence-electron chi connectivity index (χ0n) is 12.0. The van der Waals surface area contributed by atoms with Crippen LogP contribution in [0.3, 0.4) is 0 Å². The number of hydrogen-bond acceptors (Lipinski definition) is 8. The van der Waals surface area contributed by atoms with Crippen molar-refractivity contribution in [3.8, 4) is 0 Å². The van der Waals surface area contributed by atoms with Crippen LogP contribution in [0.5, 0.6) is 0 Å². The lowest BCUT2D eigenvalue weighted by Crippen LogP contribution is -2.31. The van der Waals surface area contributed by atoms with E-state index in [1.165, 1.54) is 30.2 Å². The van der Waals surface area contributed by atoms with Gasteiger partial charge in [0.2, 0.25) is 11.0 Å². The molecule has 0 aliphatic heterocycles. The molecule has 1 heterocycles. The van der Waals surface area contributed by atoms with Crippen LogP contribution in [-0.4, -0.2) is 41.5 Å². The summed E-state index contributed by atoms with van der Waals surface area (Å²) in [4.78, 5) is 22.5. The third kappa shape index (κ3) is 6.16. The molecule has 0 saturated heterocycles. The van der Waals surface area contributed by atoms with E-state index in [1.807, 2.05) is 24.3 Å². The van der Waals surface area contributed by atoms with Crippen LogP contribution >= 0.6 is 39.0 Å². The molecule has 0 aliphatic rings. The predicted molar refractivity (Wildman–Crippen MR) is 93.1 cm³/mol. The molecule has 2 N–H and O–H groups in total. The van der Waals surface area contributed by atoms with Crippen LogP contribution in [0.4, 0.5) is 10.8 Å². The summed E-state index contributed by atoms with van der Waals surface area (Å²) in [6, 6.07) is 7.68. The first-order chi connectivity index (χ1) is 11.1. The smallest absolute Gasteiger partial charge is 0.325 e. The molecule has 1 aromatic heterocycles. The molecule has 7 nitrogen and oxygen atoms in total. The van der Waals surface area contributed by atoms with Gasteiger partial charge in [0.05, 0.1) is 12.9 Å². The molecule has 1 aromatic carbocycles. The number of anilines is 2. The highest BCUT2D eigenvalue weighted by atomic mass is 79.9. The van der Waals surface area contributed by atoms with E-state index in [9.17, 15) is 9.59 Å². The van der Waals surface area contributed by atoms with E-state index in [1.54, 1.807) is 0 Å². The molecule has 23 heavy (non-hydrogen) atoms. The Morgan fingerprint density at radius 2 is 2.22 bits per heavy atom. The van der Waals surface area contributed by atoms with Gasteiger partial charge in [0, 0.05) is 10.2 Å². The number of esters is 1. The third-order valence-electron chi connectivity index (χ3n) is 2.47. The molecule has 10 heteroatoms. The molecular weight excluding hydrogens is 404 g/mol. The predicted octanol–water partition coefficient (Wildman–Crippen LogP) is 2.43. The van der Waals surface area contributed by atoms with Gasteiger partial charge in [0.25, 0.3) is 0 Å². The fraction of sp³-hybridized carbons (Fsp3) is 0.231. The normalized spacial score (nSPS) is 10.2. The van der Waals surface area contributed by atoms with E-state index in [0.717, 1.165) is 10.2 Å². The Bertz CT molecular complexity index is 695. The van der Waals surface area contributed by atoms with Gasteiger partial charge in [-0.2, -0.15) is 0 Å². The highest BCUT2D eigenvalue weighted by molar-refractivity contribution is 9.10. The Kier molecular flexibility index (Phi) is 6.81. The number of thioether (sulfide) groups is 1. The van der Waals surface area contributed by atoms with Gasteiger partial charge in [0.15, 0.2) is 4.34 Å². The number of ether oxygens (including phenoxy) is 1. The average Bonchev–Trinajstić information content (AvgIpc) is 2.98. The number of hydrogen-bond donors (Lipinski definition) is 2. The van der Waals surface area contributed by atoms with Gasteiger partial charge in [-0.3, -0.25) is 9.59 Å². The summed E-state index contributed by atoms with van der Waals surface area (Å²) in [5, 5.41) is 14.3. The van der Waals surface area contributed by atoms with Crippen molar-refractivity contribution < 1.29 is 14.3 Å². The number of nitrogens with zero attached hydrogens (tertiary/aromatic N) is 2. The number of carbonyl (C=O) groups is 2. The first-order valence-corrected chi connectivity index (χ1v) is 8.98. The van der Waals surface area contributed by atoms with Crippen molar-refractivity contribution in [1.82, 2.24) is 15.5 Å². The number of halogens is 1. The van der Waals surface area contributed by atoms with Gasteiger partial charge in [-0.15, -0.1) is 10.2 Å². The Hall–Kier alpha value is -1.65. The second-order valence-electron chi connectivity index (χ2n) is 4.15. The zero-order chi connectivity index (χ0) is 16.7. The van der Waals surface area contributed by atoms with E-state index >= 15 is 0 Å². The minimum atomic E-state index is -0.486. The summed E-state index contributed by atoms with van der Waals surface area (Å²) < 4.78 is 6.06. The van der Waals surface area contributed by atoms with Crippen LogP contribution in [0.1, 0.15) is 0 Å². The SMILES string of the molecule is COC(=O)CNC(=O)CSc1nnc(Nc2cccc(Br)c2)s1. The van der Waals surface area contributed by atoms with Crippen LogP contribution in [0.15, 0.2) is 33.1 Å². The molecule has 0 unspecified atom stereocenters. The number of methoxy groups -OCH3 is 1. The quantitative estimate of drug-likeness (QED) is 0.528. The van der Waals surface area contributed by atoms with Crippen LogP contribution in [0.25, 0.3) is 0 Å². The van der Waals surface area contributed by atoms with Crippen molar-refractivity contribution in [2.24, 2.45) is 0 Å². The van der Waals surface area contributed by atoms with Gasteiger partial charge >= 0.3 is 5.97 Å². The van der Waals surface area contributed by atoms with E-state index in [4.69, 9.17) is 0 Å². The lowest BCUT2D eigenvalue weighted by molar-refractivity contribution is -0.140. The molecule has 0 spiro atoms. The van der Waals surface area contributed by atoms with Crippen molar-refractivity contribution in [3.05, 3.63) is 28.7 Å². The Labute approximate surface area is 149 Å². The van der Waals surface area contributed by atoms with Gasteiger partial charge in [0.1, 0.15) is 6.54 Å². The van der Waals surface area contributed by atoms with Crippen molar-refractivity contribution in [1.29, 1.82) is 0 Å². The molecule has 0 radical (unpaired) electrons. The van der Waals surface area contributed by atoms with Crippen molar-refractivity contribution >= 4 is 61.7 Å². The zero-order valence-corrected chi connectivity index (χ0v) is 15.3. The molecule has 0 atom stereocenters. The fourth-order valence-corrected chi connectivity index (χ4v) is 3.43. The van der Waals surface area contributed by atoms with Gasteiger partial charge in [-0.1, -0.05) is 45.1 Å². The van der Waals surface area contributed by atoms with Crippen LogP contribution < -0.4 is 10.6 Å². The number of rotatable bonds is 7. The molecule has 0 fully saturated rings. The second-order valence-corrected chi connectivity index (χ2v) is 7.27. The topological polar surface area (TPSA) is 93.2 Å². The summed E-state index contributed by atoms with van der Waals surface area (Å²) in [7, 11) is 1.27. The molecule has 1 amide bonds. The molecule has 0 bridgehead atoms. The Morgan fingerprint density at radius 1 is 1.39 bits per heavy atom. The minimum absolute atomic E-state index is 0.137. The van der Waals surface area contributed by atoms with E-state index in [-0.39, 0.29) is 18.2 Å². The third-order valence-corrected chi connectivity index (χ3v) is 4.93. The maximum Gasteiger partial charge on any atom is 0.325 e. The van der Waals surface area contributed by atoms with Crippen molar-refractivity contribution in [2.45, 2.75) is 4.34 Å². The number of amides is 1. The number of nitrogens with one attached hydrogen (secondary N) is 2. The second kappa shape index (κ2) is 8.85. The van der Waals surface area contributed by atoms with Crippen molar-refractivity contribution in [3.63, 3.8) is 0 Å². The summed E-state index contributed by atoms with van der Waals surface area (Å²) in [5.41, 5.74) is 0.892. The molecule has 0 aliphatic carbocycles. The number of carbonyl (C=O) groups excluding carboxylic acids is 2. The largest absolute Gasteiger partial charge is 0.468 e. The summed E-state index contributed by atoms with van der Waals surface area (Å²) >= 11 is 6.00. The highest BCUT2D eigenvalue weighted by Gasteiger charge is 2.09. The standard InChI is InChI=1S/C13H13BrN4O3S2/c1-21-11(20)6-15-10(19)7-22-13-18-17-12(23-13)16-9-4-2-3-8(14)5-9/h2-5H,6-7H2,1H3,(H,15,19)(H,16,17). The Balaban J connectivity index is 1.80. The van der Waals surface area contributed by atoms with Crippen LogP contribution in [0.2, 0.25) is 0 Å². The first kappa shape index (κ1) is 17.7.